The Labute approximate surface area is 125 Å². The van der Waals surface area contributed by atoms with Gasteiger partial charge in [-0.2, -0.15) is 22.5 Å². The predicted molar refractivity (Wildman–Crippen MR) is 74.7 cm³/mol. The molecule has 1 aliphatic carbocycles. The van der Waals surface area contributed by atoms with Crippen molar-refractivity contribution in [3.63, 3.8) is 0 Å². The van der Waals surface area contributed by atoms with Crippen LogP contribution in [0.2, 0.25) is 0 Å². The molecule has 0 amide bonds. The highest BCUT2D eigenvalue weighted by atomic mass is 19.2. The second kappa shape index (κ2) is 5.59. The van der Waals surface area contributed by atoms with Gasteiger partial charge >= 0.3 is 0 Å². The van der Waals surface area contributed by atoms with Crippen LogP contribution in [0.4, 0.5) is 23.2 Å². The molecule has 0 saturated carbocycles. The van der Waals surface area contributed by atoms with E-state index in [9.17, 15) is 17.6 Å². The fourth-order valence-corrected chi connectivity index (χ4v) is 2.98. The lowest BCUT2D eigenvalue weighted by Crippen LogP contribution is -2.38. The number of likely N-dealkylation sites (N-methyl/N-ethyl adjacent to an activating group) is 1. The van der Waals surface area contributed by atoms with Crippen LogP contribution >= 0.6 is 0 Å². The number of aromatic nitrogens is 1. The van der Waals surface area contributed by atoms with E-state index in [1.54, 1.807) is 0 Å². The SMILES string of the molecule is CN(c1c(F)c(F)nc(F)c1F)C1CCc2ccccc2C1. The third-order valence-electron chi connectivity index (χ3n) is 4.20. The lowest BCUT2D eigenvalue weighted by atomic mass is 9.87. The zero-order chi connectivity index (χ0) is 15.9. The summed E-state index contributed by atoms with van der Waals surface area (Å²) in [5.41, 5.74) is 1.58. The van der Waals surface area contributed by atoms with Gasteiger partial charge in [0.05, 0.1) is 0 Å². The van der Waals surface area contributed by atoms with E-state index in [2.05, 4.69) is 4.98 Å². The summed E-state index contributed by atoms with van der Waals surface area (Å²) in [6.07, 6.45) is 1.97. The summed E-state index contributed by atoms with van der Waals surface area (Å²) >= 11 is 0. The van der Waals surface area contributed by atoms with Crippen molar-refractivity contribution < 1.29 is 17.6 Å². The first-order valence-corrected chi connectivity index (χ1v) is 6.98. The van der Waals surface area contributed by atoms with E-state index in [1.807, 2.05) is 24.3 Å². The van der Waals surface area contributed by atoms with Gasteiger partial charge in [-0.05, 0) is 30.4 Å². The lowest BCUT2D eigenvalue weighted by molar-refractivity contribution is 0.401. The average Bonchev–Trinajstić information content (AvgIpc) is 2.52. The highest BCUT2D eigenvalue weighted by Gasteiger charge is 2.29. The van der Waals surface area contributed by atoms with E-state index in [0.29, 0.717) is 12.8 Å². The summed E-state index contributed by atoms with van der Waals surface area (Å²) < 4.78 is 54.3. The van der Waals surface area contributed by atoms with Crippen molar-refractivity contribution in [1.82, 2.24) is 4.98 Å². The van der Waals surface area contributed by atoms with Crippen molar-refractivity contribution in [2.75, 3.05) is 11.9 Å². The summed E-state index contributed by atoms with van der Waals surface area (Å²) in [5, 5.41) is 0. The van der Waals surface area contributed by atoms with E-state index in [-0.39, 0.29) is 6.04 Å². The van der Waals surface area contributed by atoms with Crippen LogP contribution in [0.5, 0.6) is 0 Å². The number of benzene rings is 1. The molecule has 22 heavy (non-hydrogen) atoms. The van der Waals surface area contributed by atoms with Crippen LogP contribution in [-0.4, -0.2) is 18.1 Å². The maximum Gasteiger partial charge on any atom is 0.253 e. The number of nitrogens with zero attached hydrogens (tertiary/aromatic N) is 2. The minimum Gasteiger partial charge on any atom is -0.366 e. The molecule has 0 saturated heterocycles. The average molecular weight is 310 g/mol. The monoisotopic (exact) mass is 310 g/mol. The van der Waals surface area contributed by atoms with Gasteiger partial charge in [-0.15, -0.1) is 0 Å². The largest absolute Gasteiger partial charge is 0.366 e. The zero-order valence-corrected chi connectivity index (χ0v) is 11.9. The van der Waals surface area contributed by atoms with Gasteiger partial charge in [-0.3, -0.25) is 0 Å². The van der Waals surface area contributed by atoms with Crippen molar-refractivity contribution >= 4 is 5.69 Å². The molecule has 0 fully saturated rings. The number of anilines is 1. The van der Waals surface area contributed by atoms with Crippen LogP contribution in [0, 0.1) is 23.5 Å². The number of aryl methyl sites for hydroxylation is 1. The van der Waals surface area contributed by atoms with Crippen LogP contribution in [-0.2, 0) is 12.8 Å². The van der Waals surface area contributed by atoms with Gasteiger partial charge in [0.1, 0.15) is 5.69 Å². The number of halogens is 4. The van der Waals surface area contributed by atoms with Gasteiger partial charge in [-0.1, -0.05) is 24.3 Å². The normalized spacial score (nSPS) is 17.2. The maximum atomic E-state index is 13.9. The molecule has 3 rings (SSSR count). The Kier molecular flexibility index (Phi) is 3.76. The highest BCUT2D eigenvalue weighted by molar-refractivity contribution is 5.49. The summed E-state index contributed by atoms with van der Waals surface area (Å²) in [6.45, 7) is 0. The van der Waals surface area contributed by atoms with Crippen molar-refractivity contribution in [3.8, 4) is 0 Å². The highest BCUT2D eigenvalue weighted by Crippen LogP contribution is 2.31. The summed E-state index contributed by atoms with van der Waals surface area (Å²) in [7, 11) is 1.44. The Morgan fingerprint density at radius 2 is 1.59 bits per heavy atom. The van der Waals surface area contributed by atoms with Crippen LogP contribution in [0.25, 0.3) is 0 Å². The molecule has 1 heterocycles. The van der Waals surface area contributed by atoms with Gasteiger partial charge in [0.2, 0.25) is 11.6 Å². The number of rotatable bonds is 2. The quantitative estimate of drug-likeness (QED) is 0.622. The molecule has 0 spiro atoms. The molecule has 1 aromatic carbocycles. The van der Waals surface area contributed by atoms with E-state index >= 15 is 0 Å². The number of hydrogen-bond donors (Lipinski definition) is 0. The summed E-state index contributed by atoms with van der Waals surface area (Å²) in [6, 6.07) is 7.57. The Hall–Kier alpha value is -2.11. The van der Waals surface area contributed by atoms with Crippen LogP contribution in [0.15, 0.2) is 24.3 Å². The van der Waals surface area contributed by atoms with Gasteiger partial charge in [0, 0.05) is 13.1 Å². The Morgan fingerprint density at radius 1 is 1.00 bits per heavy atom. The fourth-order valence-electron chi connectivity index (χ4n) is 2.98. The first kappa shape index (κ1) is 14.8. The summed E-state index contributed by atoms with van der Waals surface area (Å²) in [5.74, 6) is -6.17. The first-order valence-electron chi connectivity index (χ1n) is 6.98. The van der Waals surface area contributed by atoms with Crippen LogP contribution < -0.4 is 4.90 Å². The lowest BCUT2D eigenvalue weighted by Gasteiger charge is -2.34. The van der Waals surface area contributed by atoms with E-state index < -0.39 is 29.2 Å². The van der Waals surface area contributed by atoms with Crippen LogP contribution in [0.1, 0.15) is 17.5 Å². The number of pyridine rings is 1. The molecule has 1 aliphatic rings. The zero-order valence-electron chi connectivity index (χ0n) is 11.9. The van der Waals surface area contributed by atoms with Crippen LogP contribution in [0.3, 0.4) is 0 Å². The molecule has 0 radical (unpaired) electrons. The molecule has 2 nitrogen and oxygen atoms in total. The molecule has 1 unspecified atom stereocenters. The second-order valence-electron chi connectivity index (χ2n) is 5.45. The van der Waals surface area contributed by atoms with Gasteiger partial charge < -0.3 is 4.90 Å². The van der Waals surface area contributed by atoms with E-state index in [0.717, 1.165) is 12.0 Å². The van der Waals surface area contributed by atoms with Gasteiger partial charge in [-0.25, -0.2) is 0 Å². The topological polar surface area (TPSA) is 16.1 Å². The van der Waals surface area contributed by atoms with Crippen molar-refractivity contribution in [3.05, 3.63) is 58.9 Å². The number of hydrogen-bond acceptors (Lipinski definition) is 2. The molecular weight excluding hydrogens is 296 g/mol. The molecule has 0 bridgehead atoms. The van der Waals surface area contributed by atoms with Gasteiger partial charge in [0.25, 0.3) is 11.9 Å². The third-order valence-corrected chi connectivity index (χ3v) is 4.20. The Morgan fingerprint density at radius 3 is 2.23 bits per heavy atom. The molecular formula is C16H14F4N2. The molecule has 0 N–H and O–H groups in total. The van der Waals surface area contributed by atoms with Gasteiger partial charge in [0.15, 0.2) is 0 Å². The molecule has 116 valence electrons. The first-order chi connectivity index (χ1) is 10.5. The molecule has 0 aliphatic heterocycles. The summed E-state index contributed by atoms with van der Waals surface area (Å²) in [4.78, 5) is 3.86. The smallest absolute Gasteiger partial charge is 0.253 e. The second-order valence-corrected chi connectivity index (χ2v) is 5.45. The predicted octanol–water partition coefficient (Wildman–Crippen LogP) is 3.63. The Balaban J connectivity index is 1.95. The molecule has 6 heteroatoms. The maximum absolute atomic E-state index is 13.9. The minimum absolute atomic E-state index is 0.236. The molecule has 2 aromatic rings. The van der Waals surface area contributed by atoms with Crippen molar-refractivity contribution in [2.45, 2.75) is 25.3 Å². The molecule has 1 atom stereocenters. The van der Waals surface area contributed by atoms with E-state index in [4.69, 9.17) is 0 Å². The number of fused-ring (bicyclic) bond motifs is 1. The molecule has 1 aromatic heterocycles. The van der Waals surface area contributed by atoms with Crippen molar-refractivity contribution in [1.29, 1.82) is 0 Å². The standard InChI is InChI=1S/C16H14F4N2/c1-22(14-12(17)15(19)21-16(20)13(14)18)11-7-6-9-4-2-3-5-10(9)8-11/h2-5,11H,6-8H2,1H3. The van der Waals surface area contributed by atoms with Crippen molar-refractivity contribution in [2.24, 2.45) is 0 Å². The fraction of sp³-hybridized carbons (Fsp3) is 0.312. The third kappa shape index (κ3) is 2.42. The Bertz CT molecular complexity index is 691. The van der Waals surface area contributed by atoms with E-state index in [1.165, 1.54) is 17.5 Å². The minimum atomic E-state index is -1.63.